The summed E-state index contributed by atoms with van der Waals surface area (Å²) in [6, 6.07) is 5.89. The van der Waals surface area contributed by atoms with Crippen LogP contribution in [0.5, 0.6) is 0 Å². The minimum absolute atomic E-state index is 0.256. The molecule has 174 valence electrons. The number of benzene rings is 1. The molecule has 0 atom stereocenters. The number of alkyl halides is 13. The van der Waals surface area contributed by atoms with Crippen LogP contribution in [0, 0.1) is 0 Å². The summed E-state index contributed by atoms with van der Waals surface area (Å²) >= 11 is 3.08. The predicted octanol–water partition coefficient (Wildman–Crippen LogP) is 6.67. The van der Waals surface area contributed by atoms with E-state index >= 15 is 0 Å². The van der Waals surface area contributed by atoms with Crippen molar-refractivity contribution in [2.45, 2.75) is 48.8 Å². The summed E-state index contributed by atoms with van der Waals surface area (Å²) in [7, 11) is 0. The van der Waals surface area contributed by atoms with Gasteiger partial charge < -0.3 is 5.32 Å². The molecule has 0 radical (unpaired) electrons. The fourth-order valence-electron chi connectivity index (χ4n) is 2.04. The number of hydrogen-bond acceptors (Lipinski definition) is 1. The molecule has 15 heteroatoms. The van der Waals surface area contributed by atoms with E-state index in [4.69, 9.17) is 0 Å². The maximum atomic E-state index is 13.6. The highest BCUT2D eigenvalue weighted by atomic mass is 79.9. The second-order valence-electron chi connectivity index (χ2n) is 6.05. The lowest BCUT2D eigenvalue weighted by Gasteiger charge is -2.39. The van der Waals surface area contributed by atoms with Crippen LogP contribution < -0.4 is 5.32 Å². The normalized spacial score (nSPS) is 14.9. The maximum absolute atomic E-state index is 13.6. The minimum Gasteiger partial charge on any atom is -0.312 e. The summed E-state index contributed by atoms with van der Waals surface area (Å²) in [6.45, 7) is -1.44. The summed E-state index contributed by atoms with van der Waals surface area (Å²) in [5, 5.41) is 2.10. The molecule has 1 rings (SSSR count). The number of halogens is 14. The van der Waals surface area contributed by atoms with Gasteiger partial charge in [-0.1, -0.05) is 28.1 Å². The average Bonchev–Trinajstić information content (AvgIpc) is 2.58. The Hall–Kier alpha value is -1.25. The van der Waals surface area contributed by atoms with Crippen LogP contribution >= 0.6 is 15.9 Å². The van der Waals surface area contributed by atoms with Gasteiger partial charge in [-0.2, -0.15) is 57.1 Å². The predicted molar refractivity (Wildman–Crippen MR) is 81.3 cm³/mol. The van der Waals surface area contributed by atoms with Crippen molar-refractivity contribution in [2.24, 2.45) is 0 Å². The van der Waals surface area contributed by atoms with E-state index in [1.54, 1.807) is 0 Å². The van der Waals surface area contributed by atoms with Crippen molar-refractivity contribution in [1.29, 1.82) is 0 Å². The summed E-state index contributed by atoms with van der Waals surface area (Å²) < 4.78 is 169. The molecule has 0 saturated carbocycles. The van der Waals surface area contributed by atoms with Crippen LogP contribution in [-0.2, 0) is 6.54 Å². The van der Waals surface area contributed by atoms with Crippen molar-refractivity contribution >= 4 is 15.9 Å². The molecular weight excluding hydrogens is 521 g/mol. The molecule has 0 bridgehead atoms. The van der Waals surface area contributed by atoms with Gasteiger partial charge in [0.2, 0.25) is 0 Å². The van der Waals surface area contributed by atoms with E-state index in [0.717, 1.165) is 0 Å². The first kappa shape index (κ1) is 26.8. The third kappa shape index (κ3) is 4.65. The Kier molecular flexibility index (Phi) is 7.46. The largest absolute Gasteiger partial charge is 0.460 e. The highest BCUT2D eigenvalue weighted by Gasteiger charge is 2.90. The van der Waals surface area contributed by atoms with Crippen LogP contribution in [0.4, 0.5) is 57.1 Å². The number of hydrogen-bond donors (Lipinski definition) is 1. The van der Waals surface area contributed by atoms with Crippen molar-refractivity contribution in [3.8, 4) is 0 Å². The zero-order valence-corrected chi connectivity index (χ0v) is 15.8. The summed E-state index contributed by atoms with van der Waals surface area (Å²) in [5.41, 5.74) is 0.412. The molecule has 1 aromatic carbocycles. The minimum atomic E-state index is -7.87. The number of nitrogens with one attached hydrogen (secondary N) is 1. The molecule has 1 nitrogen and oxygen atoms in total. The molecule has 0 fully saturated rings. The molecule has 0 saturated heterocycles. The molecule has 0 amide bonds. The molecule has 1 N–H and O–H groups in total. The molecule has 1 aromatic rings. The lowest BCUT2D eigenvalue weighted by Crippen LogP contribution is -2.70. The molecule has 30 heavy (non-hydrogen) atoms. The Labute approximate surface area is 168 Å². The molecule has 0 aliphatic rings. The molecule has 0 aliphatic heterocycles. The van der Waals surface area contributed by atoms with E-state index in [1.807, 2.05) is 0 Å². The molecule has 0 unspecified atom stereocenters. The van der Waals surface area contributed by atoms with Crippen molar-refractivity contribution in [1.82, 2.24) is 5.32 Å². The van der Waals surface area contributed by atoms with Gasteiger partial charge in [0.15, 0.2) is 0 Å². The summed E-state index contributed by atoms with van der Waals surface area (Å²) in [6.07, 6.45) is -9.67. The first-order chi connectivity index (χ1) is 13.2. The maximum Gasteiger partial charge on any atom is 0.460 e. The smallest absolute Gasteiger partial charge is 0.312 e. The van der Waals surface area contributed by atoms with Gasteiger partial charge in [-0.05, 0) is 17.7 Å². The Balaban J connectivity index is 2.98. The SMILES string of the molecule is FC(F)(F)C(F)(F)C(F)(F)C(F)(F)C(F)(F)C(F)(F)CCNCc1ccc(Br)cc1. The van der Waals surface area contributed by atoms with Crippen LogP contribution in [-0.4, -0.2) is 42.3 Å². The van der Waals surface area contributed by atoms with Gasteiger partial charge in [-0.3, -0.25) is 0 Å². The van der Waals surface area contributed by atoms with E-state index in [2.05, 4.69) is 21.2 Å². The average molecular weight is 532 g/mol. The first-order valence-electron chi connectivity index (χ1n) is 7.63. The second-order valence-corrected chi connectivity index (χ2v) is 6.97. The van der Waals surface area contributed by atoms with Gasteiger partial charge in [0.05, 0.1) is 0 Å². The quantitative estimate of drug-likeness (QED) is 0.277. The Morgan fingerprint density at radius 1 is 0.633 bits per heavy atom. The highest BCUT2D eigenvalue weighted by Crippen LogP contribution is 2.60. The lowest BCUT2D eigenvalue weighted by atomic mass is 9.92. The van der Waals surface area contributed by atoms with Gasteiger partial charge >= 0.3 is 35.8 Å². The van der Waals surface area contributed by atoms with E-state index in [9.17, 15) is 57.1 Å². The lowest BCUT2D eigenvalue weighted by molar-refractivity contribution is -0.440. The summed E-state index contributed by atoms with van der Waals surface area (Å²) in [4.78, 5) is 0. The molecule has 0 spiro atoms. The van der Waals surface area contributed by atoms with E-state index in [1.165, 1.54) is 24.3 Å². The molecular formula is C15H11BrF13N. The van der Waals surface area contributed by atoms with Gasteiger partial charge in [0, 0.05) is 24.0 Å². The van der Waals surface area contributed by atoms with Crippen LogP contribution in [0.3, 0.4) is 0 Å². The third-order valence-electron chi connectivity index (χ3n) is 3.86. The van der Waals surface area contributed by atoms with E-state index in [0.29, 0.717) is 10.0 Å². The topological polar surface area (TPSA) is 12.0 Å². The van der Waals surface area contributed by atoms with Crippen molar-refractivity contribution < 1.29 is 57.1 Å². The van der Waals surface area contributed by atoms with Crippen LogP contribution in [0.2, 0.25) is 0 Å². The van der Waals surface area contributed by atoms with Crippen LogP contribution in [0.15, 0.2) is 28.7 Å². The Morgan fingerprint density at radius 3 is 1.50 bits per heavy atom. The second kappa shape index (κ2) is 8.36. The highest BCUT2D eigenvalue weighted by molar-refractivity contribution is 9.10. The zero-order valence-electron chi connectivity index (χ0n) is 14.2. The molecule has 0 aromatic heterocycles. The Morgan fingerprint density at radius 2 is 1.07 bits per heavy atom. The standard InChI is InChI=1S/C15H11BrF13N/c16-9-3-1-8(2-4-9)7-30-6-5-10(17,18)11(19,20)12(21,22)13(23,24)14(25,26)15(27,28)29/h1-4,30H,5-7H2. The number of rotatable bonds is 9. The van der Waals surface area contributed by atoms with Crippen LogP contribution in [0.25, 0.3) is 0 Å². The van der Waals surface area contributed by atoms with Crippen molar-refractivity contribution in [3.63, 3.8) is 0 Å². The van der Waals surface area contributed by atoms with Gasteiger partial charge in [0.1, 0.15) is 0 Å². The van der Waals surface area contributed by atoms with Crippen molar-refractivity contribution in [2.75, 3.05) is 6.54 Å². The third-order valence-corrected chi connectivity index (χ3v) is 4.39. The van der Waals surface area contributed by atoms with Gasteiger partial charge in [-0.15, -0.1) is 0 Å². The van der Waals surface area contributed by atoms with Crippen molar-refractivity contribution in [3.05, 3.63) is 34.3 Å². The van der Waals surface area contributed by atoms with E-state index < -0.39 is 48.8 Å². The van der Waals surface area contributed by atoms with Crippen LogP contribution in [0.1, 0.15) is 12.0 Å². The monoisotopic (exact) mass is 531 g/mol. The zero-order chi connectivity index (χ0) is 23.8. The molecule has 0 aliphatic carbocycles. The van der Waals surface area contributed by atoms with E-state index in [-0.39, 0.29) is 6.54 Å². The first-order valence-corrected chi connectivity index (χ1v) is 8.42. The Bertz CT molecular complexity index is 712. The fraction of sp³-hybridized carbons (Fsp3) is 0.600. The van der Waals surface area contributed by atoms with Gasteiger partial charge in [-0.25, -0.2) is 0 Å². The summed E-state index contributed by atoms with van der Waals surface area (Å²) in [5.74, 6) is -36.6. The molecule has 0 heterocycles. The fourth-order valence-corrected chi connectivity index (χ4v) is 2.30. The van der Waals surface area contributed by atoms with Gasteiger partial charge in [0.25, 0.3) is 0 Å².